The third-order valence-corrected chi connectivity index (χ3v) is 4.04. The summed E-state index contributed by atoms with van der Waals surface area (Å²) in [5.41, 5.74) is 5.42. The molecule has 1 heterocycles. The van der Waals surface area contributed by atoms with E-state index in [4.69, 9.17) is 16.0 Å². The van der Waals surface area contributed by atoms with Crippen molar-refractivity contribution >= 4 is 5.84 Å². The van der Waals surface area contributed by atoms with Crippen LogP contribution in [0.1, 0.15) is 46.0 Å². The van der Waals surface area contributed by atoms with Gasteiger partial charge in [-0.3, -0.25) is 0 Å². The molecule has 0 radical (unpaired) electrons. The molecule has 0 saturated carbocycles. The van der Waals surface area contributed by atoms with Crippen molar-refractivity contribution in [3.63, 3.8) is 0 Å². The second-order valence-corrected chi connectivity index (χ2v) is 5.82. The average molecular weight is 257 g/mol. The number of oxime groups is 1. The zero-order valence-corrected chi connectivity index (χ0v) is 11.6. The largest absolute Gasteiger partial charge is 0.409 e. The van der Waals surface area contributed by atoms with E-state index in [0.29, 0.717) is 11.9 Å². The number of piperidine rings is 1. The first kappa shape index (κ1) is 15.2. The Hall–Kier alpha value is -0.810. The Labute approximate surface area is 110 Å². The Kier molecular flexibility index (Phi) is 5.88. The standard InChI is InChI=1S/C13H27N3O2/c1-13(2,12(14)15-18)7-9-16-8-4-3-5-11(16)6-10-17/h11,17-18H,3-10H2,1-2H3,(H2,14,15). The fourth-order valence-corrected chi connectivity index (χ4v) is 2.52. The van der Waals surface area contributed by atoms with E-state index < -0.39 is 0 Å². The lowest BCUT2D eigenvalue weighted by Crippen LogP contribution is -2.43. The van der Waals surface area contributed by atoms with Gasteiger partial charge < -0.3 is 20.9 Å². The van der Waals surface area contributed by atoms with Gasteiger partial charge in [0.05, 0.1) is 0 Å². The maximum atomic E-state index is 9.09. The number of amidine groups is 1. The summed E-state index contributed by atoms with van der Waals surface area (Å²) in [6.07, 6.45) is 5.37. The average Bonchev–Trinajstić information content (AvgIpc) is 2.37. The van der Waals surface area contributed by atoms with Crippen molar-refractivity contribution in [2.24, 2.45) is 16.3 Å². The van der Waals surface area contributed by atoms with Crippen LogP contribution < -0.4 is 5.73 Å². The van der Waals surface area contributed by atoms with Crippen LogP contribution in [0, 0.1) is 5.41 Å². The number of aliphatic hydroxyl groups is 1. The van der Waals surface area contributed by atoms with Gasteiger partial charge in [-0.05, 0) is 38.8 Å². The Morgan fingerprint density at radius 1 is 1.44 bits per heavy atom. The molecule has 1 rings (SSSR count). The van der Waals surface area contributed by atoms with Crippen molar-refractivity contribution in [2.45, 2.75) is 52.0 Å². The summed E-state index contributed by atoms with van der Waals surface area (Å²) in [4.78, 5) is 2.44. The molecule has 0 aromatic heterocycles. The molecular formula is C13H27N3O2. The molecular weight excluding hydrogens is 230 g/mol. The summed E-state index contributed by atoms with van der Waals surface area (Å²) in [6.45, 7) is 6.27. The molecule has 1 atom stereocenters. The number of likely N-dealkylation sites (tertiary alicyclic amines) is 1. The minimum Gasteiger partial charge on any atom is -0.409 e. The van der Waals surface area contributed by atoms with Gasteiger partial charge in [0.25, 0.3) is 0 Å². The van der Waals surface area contributed by atoms with Crippen molar-refractivity contribution in [2.75, 3.05) is 19.7 Å². The molecule has 0 amide bonds. The topological polar surface area (TPSA) is 82.1 Å². The van der Waals surface area contributed by atoms with E-state index in [1.807, 2.05) is 13.8 Å². The van der Waals surface area contributed by atoms with Crippen molar-refractivity contribution in [3.05, 3.63) is 0 Å². The van der Waals surface area contributed by atoms with E-state index in [2.05, 4.69) is 10.1 Å². The van der Waals surface area contributed by atoms with E-state index in [9.17, 15) is 0 Å². The molecule has 1 aliphatic heterocycles. The van der Waals surface area contributed by atoms with Gasteiger partial charge in [-0.25, -0.2) is 0 Å². The van der Waals surface area contributed by atoms with E-state index in [1.54, 1.807) is 0 Å². The Morgan fingerprint density at radius 2 is 2.17 bits per heavy atom. The summed E-state index contributed by atoms with van der Waals surface area (Å²) in [5, 5.41) is 21.0. The molecule has 1 fully saturated rings. The molecule has 18 heavy (non-hydrogen) atoms. The molecule has 0 aromatic carbocycles. The van der Waals surface area contributed by atoms with Gasteiger partial charge in [-0.2, -0.15) is 0 Å². The van der Waals surface area contributed by atoms with Gasteiger partial charge in [0.1, 0.15) is 5.84 Å². The van der Waals surface area contributed by atoms with Crippen molar-refractivity contribution in [3.8, 4) is 0 Å². The zero-order valence-electron chi connectivity index (χ0n) is 11.6. The molecule has 106 valence electrons. The maximum absolute atomic E-state index is 9.09. The minimum absolute atomic E-state index is 0.255. The van der Waals surface area contributed by atoms with Crippen LogP contribution in [0.5, 0.6) is 0 Å². The molecule has 1 aliphatic rings. The van der Waals surface area contributed by atoms with Gasteiger partial charge in [0.15, 0.2) is 0 Å². The molecule has 0 spiro atoms. The molecule has 0 aromatic rings. The lowest BCUT2D eigenvalue weighted by molar-refractivity contribution is 0.110. The Bertz CT molecular complexity index is 277. The third-order valence-electron chi connectivity index (χ3n) is 4.04. The molecule has 0 bridgehead atoms. The number of hydrogen-bond donors (Lipinski definition) is 3. The first-order valence-corrected chi connectivity index (χ1v) is 6.84. The number of nitrogens with two attached hydrogens (primary N) is 1. The van der Waals surface area contributed by atoms with Gasteiger partial charge in [-0.15, -0.1) is 0 Å². The predicted molar refractivity (Wildman–Crippen MR) is 72.7 cm³/mol. The van der Waals surface area contributed by atoms with Gasteiger partial charge >= 0.3 is 0 Å². The number of nitrogens with zero attached hydrogens (tertiary/aromatic N) is 2. The predicted octanol–water partition coefficient (Wildman–Crippen LogP) is 1.39. The highest BCUT2D eigenvalue weighted by Crippen LogP contribution is 2.25. The van der Waals surface area contributed by atoms with Gasteiger partial charge in [0, 0.05) is 18.1 Å². The summed E-state index contributed by atoms with van der Waals surface area (Å²) >= 11 is 0. The van der Waals surface area contributed by atoms with E-state index in [1.165, 1.54) is 19.3 Å². The first-order chi connectivity index (χ1) is 8.51. The monoisotopic (exact) mass is 257 g/mol. The van der Waals surface area contributed by atoms with Crippen molar-refractivity contribution in [1.82, 2.24) is 4.90 Å². The highest BCUT2D eigenvalue weighted by atomic mass is 16.4. The normalized spacial score (nSPS) is 23.3. The van der Waals surface area contributed by atoms with Gasteiger partial charge in [0.2, 0.25) is 0 Å². The molecule has 0 aliphatic carbocycles. The highest BCUT2D eigenvalue weighted by Gasteiger charge is 2.27. The second kappa shape index (κ2) is 6.95. The summed E-state index contributed by atoms with van der Waals surface area (Å²) in [5.74, 6) is 0.290. The van der Waals surface area contributed by atoms with Crippen LogP contribution in [0.4, 0.5) is 0 Å². The second-order valence-electron chi connectivity index (χ2n) is 5.82. The highest BCUT2D eigenvalue weighted by molar-refractivity contribution is 5.85. The Balaban J connectivity index is 2.49. The van der Waals surface area contributed by atoms with Crippen LogP contribution >= 0.6 is 0 Å². The first-order valence-electron chi connectivity index (χ1n) is 6.84. The lowest BCUT2D eigenvalue weighted by atomic mass is 9.87. The van der Waals surface area contributed by atoms with Crippen LogP contribution in [0.15, 0.2) is 5.16 Å². The molecule has 5 nitrogen and oxygen atoms in total. The van der Waals surface area contributed by atoms with Crippen LogP contribution in [0.25, 0.3) is 0 Å². The lowest BCUT2D eigenvalue weighted by Gasteiger charge is -2.37. The van der Waals surface area contributed by atoms with E-state index >= 15 is 0 Å². The summed E-state index contributed by atoms with van der Waals surface area (Å²) in [6, 6.07) is 0.492. The number of hydrogen-bond acceptors (Lipinski definition) is 4. The third kappa shape index (κ3) is 4.14. The van der Waals surface area contributed by atoms with Crippen LogP contribution in [-0.4, -0.2) is 46.8 Å². The smallest absolute Gasteiger partial charge is 0.144 e. The van der Waals surface area contributed by atoms with Crippen LogP contribution in [-0.2, 0) is 0 Å². The van der Waals surface area contributed by atoms with E-state index in [0.717, 1.165) is 25.9 Å². The molecule has 1 unspecified atom stereocenters. The fourth-order valence-electron chi connectivity index (χ4n) is 2.52. The summed E-state index contributed by atoms with van der Waals surface area (Å²) < 4.78 is 0. The fraction of sp³-hybridized carbons (Fsp3) is 0.923. The maximum Gasteiger partial charge on any atom is 0.144 e. The van der Waals surface area contributed by atoms with Crippen molar-refractivity contribution < 1.29 is 10.3 Å². The van der Waals surface area contributed by atoms with E-state index in [-0.39, 0.29) is 12.0 Å². The molecule has 1 saturated heterocycles. The van der Waals surface area contributed by atoms with Gasteiger partial charge in [-0.1, -0.05) is 25.4 Å². The Morgan fingerprint density at radius 3 is 2.78 bits per heavy atom. The summed E-state index contributed by atoms with van der Waals surface area (Å²) in [7, 11) is 0. The molecule has 5 heteroatoms. The number of aliphatic hydroxyl groups excluding tert-OH is 1. The van der Waals surface area contributed by atoms with Crippen molar-refractivity contribution in [1.29, 1.82) is 0 Å². The number of rotatable bonds is 6. The van der Waals surface area contributed by atoms with Crippen LogP contribution in [0.2, 0.25) is 0 Å². The SMILES string of the molecule is CC(C)(CCN1CCCCC1CCO)C(N)=NO. The molecule has 4 N–H and O–H groups in total. The zero-order chi connectivity index (χ0) is 13.6. The quantitative estimate of drug-likeness (QED) is 0.291. The van der Waals surface area contributed by atoms with Crippen LogP contribution in [0.3, 0.4) is 0 Å². The minimum atomic E-state index is -0.282.